The third kappa shape index (κ3) is 5.60. The summed E-state index contributed by atoms with van der Waals surface area (Å²) in [6.45, 7) is 6.35. The molecule has 21 heavy (non-hydrogen) atoms. The highest BCUT2D eigenvalue weighted by atomic mass is 79.9. The Bertz CT molecular complexity index is 551. The molecule has 0 bridgehead atoms. The lowest BCUT2D eigenvalue weighted by Crippen LogP contribution is -2.26. The van der Waals surface area contributed by atoms with Gasteiger partial charge < -0.3 is 5.32 Å². The van der Waals surface area contributed by atoms with Gasteiger partial charge in [-0.3, -0.25) is 4.98 Å². The van der Waals surface area contributed by atoms with Crippen LogP contribution in [0.5, 0.6) is 0 Å². The van der Waals surface area contributed by atoms with Crippen LogP contribution in [0.3, 0.4) is 0 Å². The van der Waals surface area contributed by atoms with Crippen molar-refractivity contribution in [3.8, 4) is 0 Å². The molecule has 1 aromatic carbocycles. The van der Waals surface area contributed by atoms with E-state index < -0.39 is 0 Å². The van der Waals surface area contributed by atoms with Crippen molar-refractivity contribution in [1.29, 1.82) is 0 Å². The second-order valence-corrected chi connectivity index (χ2v) is 6.45. The number of nitrogens with zero attached hydrogens (tertiary/aromatic N) is 1. The van der Waals surface area contributed by atoms with Crippen LogP contribution in [0.2, 0.25) is 0 Å². The molecule has 1 aromatic heterocycles. The van der Waals surface area contributed by atoms with Gasteiger partial charge >= 0.3 is 0 Å². The number of aromatic nitrogens is 1. The summed E-state index contributed by atoms with van der Waals surface area (Å²) in [5.41, 5.74) is 3.90. The van der Waals surface area contributed by atoms with Crippen LogP contribution >= 0.6 is 15.9 Å². The maximum Gasteiger partial charge on any atom is 0.0413 e. The van der Waals surface area contributed by atoms with Crippen molar-refractivity contribution in [2.45, 2.75) is 26.7 Å². The van der Waals surface area contributed by atoms with Gasteiger partial charge in [-0.2, -0.15) is 0 Å². The van der Waals surface area contributed by atoms with E-state index in [-0.39, 0.29) is 0 Å². The topological polar surface area (TPSA) is 24.9 Å². The fourth-order valence-electron chi connectivity index (χ4n) is 2.56. The van der Waals surface area contributed by atoms with Gasteiger partial charge in [0.25, 0.3) is 0 Å². The molecule has 0 fully saturated rings. The van der Waals surface area contributed by atoms with Gasteiger partial charge in [0, 0.05) is 16.4 Å². The third-order valence-corrected chi connectivity index (χ3v) is 4.05. The highest BCUT2D eigenvalue weighted by Crippen LogP contribution is 2.16. The number of pyridine rings is 1. The molecule has 0 spiro atoms. The predicted molar refractivity (Wildman–Crippen MR) is 92.6 cm³/mol. The van der Waals surface area contributed by atoms with E-state index in [0.717, 1.165) is 36.1 Å². The Hall–Kier alpha value is -1.19. The van der Waals surface area contributed by atoms with Gasteiger partial charge in [-0.25, -0.2) is 0 Å². The third-order valence-electron chi connectivity index (χ3n) is 3.58. The molecule has 0 saturated heterocycles. The molecule has 0 aliphatic rings. The van der Waals surface area contributed by atoms with Crippen molar-refractivity contribution in [3.05, 3.63) is 63.9 Å². The summed E-state index contributed by atoms with van der Waals surface area (Å²) in [7, 11) is 0. The first-order valence-electron chi connectivity index (χ1n) is 7.54. The Morgan fingerprint density at radius 3 is 2.71 bits per heavy atom. The largest absolute Gasteiger partial charge is 0.317 e. The van der Waals surface area contributed by atoms with Crippen LogP contribution in [0.15, 0.2) is 47.1 Å². The summed E-state index contributed by atoms with van der Waals surface area (Å²) in [4.78, 5) is 4.51. The second kappa shape index (κ2) is 8.30. The number of benzene rings is 1. The molecule has 1 N–H and O–H groups in total. The first-order valence-corrected chi connectivity index (χ1v) is 8.33. The summed E-state index contributed by atoms with van der Waals surface area (Å²) < 4.78 is 1.04. The zero-order valence-corrected chi connectivity index (χ0v) is 14.4. The molecular formula is C18H23BrN2. The molecule has 0 aliphatic heterocycles. The maximum atomic E-state index is 4.51. The molecule has 2 aromatic rings. The van der Waals surface area contributed by atoms with Crippen molar-refractivity contribution >= 4 is 15.9 Å². The number of aryl methyl sites for hydroxylation is 1. The van der Waals surface area contributed by atoms with Crippen molar-refractivity contribution in [3.63, 3.8) is 0 Å². The highest BCUT2D eigenvalue weighted by Gasteiger charge is 2.11. The summed E-state index contributed by atoms with van der Waals surface area (Å²) >= 11 is 3.44. The molecule has 0 radical (unpaired) electrons. The first kappa shape index (κ1) is 16.2. The first-order chi connectivity index (χ1) is 10.2. The van der Waals surface area contributed by atoms with Crippen LogP contribution in [-0.4, -0.2) is 18.1 Å². The lowest BCUT2D eigenvalue weighted by Gasteiger charge is -2.17. The molecule has 2 rings (SSSR count). The zero-order valence-electron chi connectivity index (χ0n) is 12.8. The summed E-state index contributed by atoms with van der Waals surface area (Å²) in [5, 5.41) is 3.48. The second-order valence-electron chi connectivity index (χ2n) is 5.54. The van der Waals surface area contributed by atoms with Gasteiger partial charge in [0.05, 0.1) is 0 Å². The van der Waals surface area contributed by atoms with E-state index in [1.54, 1.807) is 0 Å². The molecule has 1 atom stereocenters. The summed E-state index contributed by atoms with van der Waals surface area (Å²) in [6.07, 6.45) is 3.98. The van der Waals surface area contributed by atoms with E-state index in [1.165, 1.54) is 11.1 Å². The molecular weight excluding hydrogens is 324 g/mol. The van der Waals surface area contributed by atoms with Crippen molar-refractivity contribution in [2.24, 2.45) is 5.92 Å². The van der Waals surface area contributed by atoms with Gasteiger partial charge in [0.2, 0.25) is 0 Å². The minimum absolute atomic E-state index is 0.570. The Morgan fingerprint density at radius 2 is 2.05 bits per heavy atom. The normalized spacial score (nSPS) is 12.3. The Kier molecular flexibility index (Phi) is 6.40. The standard InChI is InChI=1S/C18H23BrN2/c1-3-20-12-16(10-15-6-4-5-14(2)9-15)11-18-8-7-17(19)13-21-18/h4-9,13,16,20H,3,10-12H2,1-2H3. The SMILES string of the molecule is CCNCC(Cc1cccc(C)c1)Cc1ccc(Br)cn1. The summed E-state index contributed by atoms with van der Waals surface area (Å²) in [6, 6.07) is 13.0. The molecule has 0 amide bonds. The van der Waals surface area contributed by atoms with Crippen LogP contribution in [-0.2, 0) is 12.8 Å². The smallest absolute Gasteiger partial charge is 0.0413 e. The Balaban J connectivity index is 2.04. The van der Waals surface area contributed by atoms with E-state index in [2.05, 4.69) is 76.5 Å². The van der Waals surface area contributed by atoms with Crippen LogP contribution in [0, 0.1) is 12.8 Å². The monoisotopic (exact) mass is 346 g/mol. The molecule has 3 heteroatoms. The molecule has 1 unspecified atom stereocenters. The number of hydrogen-bond donors (Lipinski definition) is 1. The lowest BCUT2D eigenvalue weighted by atomic mass is 9.93. The average Bonchev–Trinajstić information content (AvgIpc) is 2.47. The van der Waals surface area contributed by atoms with E-state index in [4.69, 9.17) is 0 Å². The number of nitrogens with one attached hydrogen (secondary N) is 1. The molecule has 1 heterocycles. The lowest BCUT2D eigenvalue weighted by molar-refractivity contribution is 0.473. The minimum atomic E-state index is 0.570. The molecule has 112 valence electrons. The van der Waals surface area contributed by atoms with Crippen LogP contribution in [0.4, 0.5) is 0 Å². The number of hydrogen-bond acceptors (Lipinski definition) is 2. The van der Waals surface area contributed by atoms with E-state index in [0.29, 0.717) is 5.92 Å². The molecule has 2 nitrogen and oxygen atoms in total. The van der Waals surface area contributed by atoms with Gasteiger partial charge in [-0.05, 0) is 72.4 Å². The average molecular weight is 347 g/mol. The highest BCUT2D eigenvalue weighted by molar-refractivity contribution is 9.10. The van der Waals surface area contributed by atoms with Gasteiger partial charge in [-0.1, -0.05) is 36.8 Å². The number of rotatable bonds is 7. The van der Waals surface area contributed by atoms with E-state index in [1.807, 2.05) is 6.20 Å². The minimum Gasteiger partial charge on any atom is -0.317 e. The van der Waals surface area contributed by atoms with Gasteiger partial charge in [0.15, 0.2) is 0 Å². The molecule has 0 saturated carbocycles. The maximum absolute atomic E-state index is 4.51. The fraction of sp³-hybridized carbons (Fsp3) is 0.389. The molecule has 0 aliphatic carbocycles. The van der Waals surface area contributed by atoms with Crippen molar-refractivity contribution in [1.82, 2.24) is 10.3 Å². The van der Waals surface area contributed by atoms with Crippen LogP contribution in [0.25, 0.3) is 0 Å². The Morgan fingerprint density at radius 1 is 1.19 bits per heavy atom. The van der Waals surface area contributed by atoms with Gasteiger partial charge in [-0.15, -0.1) is 0 Å². The van der Waals surface area contributed by atoms with Gasteiger partial charge in [0.1, 0.15) is 0 Å². The number of halogens is 1. The summed E-state index contributed by atoms with van der Waals surface area (Å²) in [5.74, 6) is 0.570. The van der Waals surface area contributed by atoms with Crippen molar-refractivity contribution < 1.29 is 0 Å². The van der Waals surface area contributed by atoms with E-state index >= 15 is 0 Å². The fourth-order valence-corrected chi connectivity index (χ4v) is 2.79. The zero-order chi connectivity index (χ0) is 15.1. The Labute approximate surface area is 136 Å². The quantitative estimate of drug-likeness (QED) is 0.813. The van der Waals surface area contributed by atoms with Crippen molar-refractivity contribution in [2.75, 3.05) is 13.1 Å². The van der Waals surface area contributed by atoms with Crippen LogP contribution in [0.1, 0.15) is 23.7 Å². The van der Waals surface area contributed by atoms with E-state index in [9.17, 15) is 0 Å². The van der Waals surface area contributed by atoms with Crippen LogP contribution < -0.4 is 5.32 Å². The predicted octanol–water partition coefficient (Wildman–Crippen LogP) is 4.16.